The van der Waals surface area contributed by atoms with Crippen molar-refractivity contribution >= 4 is 33.7 Å². The summed E-state index contributed by atoms with van der Waals surface area (Å²) in [5.41, 5.74) is 1.98. The molecule has 8 heteroatoms. The molecule has 1 unspecified atom stereocenters. The first-order chi connectivity index (χ1) is 14.2. The molecule has 0 aliphatic heterocycles. The van der Waals surface area contributed by atoms with Crippen molar-refractivity contribution in [1.29, 1.82) is 0 Å². The Balaban J connectivity index is 1.40. The number of rotatable bonds is 6. The van der Waals surface area contributed by atoms with Crippen LogP contribution in [0.1, 0.15) is 48.2 Å². The van der Waals surface area contributed by atoms with Crippen molar-refractivity contribution < 1.29 is 9.00 Å². The van der Waals surface area contributed by atoms with Gasteiger partial charge >= 0.3 is 0 Å². The van der Waals surface area contributed by atoms with Gasteiger partial charge in [0.2, 0.25) is 0 Å². The van der Waals surface area contributed by atoms with Crippen LogP contribution in [0.2, 0.25) is 0 Å². The maximum atomic E-state index is 12.7. The lowest BCUT2D eigenvalue weighted by Gasteiger charge is -2.21. The standard InChI is InChI=1S/C21H22N4O2S2/c26-20(18-13-28-21(25-18)19-22-10-5-11-23-19)24-16-7-4-6-15(12-16)14-29(27)17-8-2-1-3-9-17/h4-7,10-13,17H,1-3,8-9,14H2,(H,24,26). The molecule has 1 aromatic carbocycles. The maximum Gasteiger partial charge on any atom is 0.275 e. The Bertz CT molecular complexity index is 1000. The first-order valence-corrected chi connectivity index (χ1v) is 12.0. The first-order valence-electron chi connectivity index (χ1n) is 9.69. The van der Waals surface area contributed by atoms with Crippen molar-refractivity contribution in [1.82, 2.24) is 15.0 Å². The highest BCUT2D eigenvalue weighted by Gasteiger charge is 2.20. The lowest BCUT2D eigenvalue weighted by Crippen LogP contribution is -2.20. The van der Waals surface area contributed by atoms with E-state index in [1.165, 1.54) is 30.6 Å². The molecule has 3 aromatic rings. The highest BCUT2D eigenvalue weighted by Crippen LogP contribution is 2.25. The summed E-state index contributed by atoms with van der Waals surface area (Å²) in [6.07, 6.45) is 9.01. The minimum absolute atomic E-state index is 0.283. The van der Waals surface area contributed by atoms with Crippen LogP contribution in [0.4, 0.5) is 5.69 Å². The summed E-state index contributed by atoms with van der Waals surface area (Å²) in [5.74, 6) is 0.748. The highest BCUT2D eigenvalue weighted by molar-refractivity contribution is 7.84. The van der Waals surface area contributed by atoms with Crippen LogP contribution >= 0.6 is 11.3 Å². The van der Waals surface area contributed by atoms with Gasteiger partial charge in [-0.3, -0.25) is 9.00 Å². The van der Waals surface area contributed by atoms with Gasteiger partial charge in [-0.05, 0) is 36.6 Å². The molecule has 6 nitrogen and oxygen atoms in total. The number of nitrogens with zero attached hydrogens (tertiary/aromatic N) is 3. The number of hydrogen-bond donors (Lipinski definition) is 1. The lowest BCUT2D eigenvalue weighted by atomic mass is 10.0. The van der Waals surface area contributed by atoms with Crippen LogP contribution in [-0.4, -0.2) is 30.3 Å². The lowest BCUT2D eigenvalue weighted by molar-refractivity contribution is 0.102. The molecule has 1 fully saturated rings. The Labute approximate surface area is 176 Å². The van der Waals surface area contributed by atoms with E-state index in [0.717, 1.165) is 18.4 Å². The smallest absolute Gasteiger partial charge is 0.275 e. The third-order valence-corrected chi connectivity index (χ3v) is 7.58. The third-order valence-electron chi connectivity index (χ3n) is 4.91. The van der Waals surface area contributed by atoms with Crippen LogP contribution < -0.4 is 5.32 Å². The van der Waals surface area contributed by atoms with Gasteiger partial charge in [0.05, 0.1) is 0 Å². The van der Waals surface area contributed by atoms with E-state index < -0.39 is 10.8 Å². The van der Waals surface area contributed by atoms with Crippen molar-refractivity contribution in [3.05, 3.63) is 59.4 Å². The van der Waals surface area contributed by atoms with Gasteiger partial charge in [0.25, 0.3) is 5.91 Å². The van der Waals surface area contributed by atoms with E-state index >= 15 is 0 Å². The minimum atomic E-state index is -0.870. The van der Waals surface area contributed by atoms with Crippen molar-refractivity contribution in [3.63, 3.8) is 0 Å². The fourth-order valence-corrected chi connectivity index (χ4v) is 5.78. The largest absolute Gasteiger partial charge is 0.321 e. The number of anilines is 1. The Morgan fingerprint density at radius 3 is 2.72 bits per heavy atom. The van der Waals surface area contributed by atoms with Gasteiger partial charge in [0.1, 0.15) is 5.69 Å². The molecule has 4 rings (SSSR count). The average Bonchev–Trinajstić information content (AvgIpc) is 3.26. The molecule has 0 saturated heterocycles. The second-order valence-electron chi connectivity index (χ2n) is 7.05. The molecule has 150 valence electrons. The predicted molar refractivity (Wildman–Crippen MR) is 116 cm³/mol. The van der Waals surface area contributed by atoms with Gasteiger partial charge in [-0.1, -0.05) is 31.4 Å². The van der Waals surface area contributed by atoms with Crippen LogP contribution in [-0.2, 0) is 16.6 Å². The highest BCUT2D eigenvalue weighted by atomic mass is 32.2. The molecular formula is C21H22N4O2S2. The van der Waals surface area contributed by atoms with Gasteiger partial charge in [-0.15, -0.1) is 11.3 Å². The summed E-state index contributed by atoms with van der Waals surface area (Å²) < 4.78 is 12.7. The van der Waals surface area contributed by atoms with Crippen molar-refractivity contribution in [2.75, 3.05) is 5.32 Å². The van der Waals surface area contributed by atoms with Crippen LogP contribution in [0, 0.1) is 0 Å². The number of amides is 1. The number of hydrogen-bond acceptors (Lipinski definition) is 6. The van der Waals surface area contributed by atoms with Gasteiger partial charge in [-0.25, -0.2) is 15.0 Å². The molecule has 0 spiro atoms. The van der Waals surface area contributed by atoms with E-state index in [-0.39, 0.29) is 5.91 Å². The van der Waals surface area contributed by atoms with Crippen molar-refractivity contribution in [3.8, 4) is 10.8 Å². The normalized spacial score (nSPS) is 15.7. The molecule has 1 aliphatic rings. The van der Waals surface area contributed by atoms with Gasteiger partial charge in [0, 0.05) is 45.3 Å². The monoisotopic (exact) mass is 426 g/mol. The molecule has 2 aromatic heterocycles. The van der Waals surface area contributed by atoms with E-state index in [4.69, 9.17) is 0 Å². The van der Waals surface area contributed by atoms with E-state index in [9.17, 15) is 9.00 Å². The Morgan fingerprint density at radius 1 is 1.14 bits per heavy atom. The number of thiazole rings is 1. The topological polar surface area (TPSA) is 84.8 Å². The second-order valence-corrected chi connectivity index (χ2v) is 9.62. The molecule has 1 aliphatic carbocycles. The molecule has 1 N–H and O–H groups in total. The predicted octanol–water partition coefficient (Wildman–Crippen LogP) is 4.43. The molecule has 29 heavy (non-hydrogen) atoms. The fraction of sp³-hybridized carbons (Fsp3) is 0.333. The molecule has 1 saturated carbocycles. The molecule has 0 bridgehead atoms. The average molecular weight is 427 g/mol. The Morgan fingerprint density at radius 2 is 1.93 bits per heavy atom. The first kappa shape index (κ1) is 19.8. The number of aromatic nitrogens is 3. The van der Waals surface area contributed by atoms with Crippen LogP contribution in [0.5, 0.6) is 0 Å². The Hall–Kier alpha value is -2.45. The zero-order chi connectivity index (χ0) is 20.1. The van der Waals surface area contributed by atoms with Crippen LogP contribution in [0.25, 0.3) is 10.8 Å². The summed E-state index contributed by atoms with van der Waals surface area (Å²) >= 11 is 1.33. The Kier molecular flexibility index (Phi) is 6.41. The van der Waals surface area contributed by atoms with E-state index in [1.54, 1.807) is 23.8 Å². The maximum absolute atomic E-state index is 12.7. The third kappa shape index (κ3) is 5.13. The van der Waals surface area contributed by atoms with Gasteiger partial charge < -0.3 is 5.32 Å². The fourth-order valence-electron chi connectivity index (χ4n) is 3.43. The van der Waals surface area contributed by atoms with Gasteiger partial charge in [-0.2, -0.15) is 0 Å². The quantitative estimate of drug-likeness (QED) is 0.630. The number of nitrogens with one attached hydrogen (secondary N) is 1. The summed E-state index contributed by atoms with van der Waals surface area (Å²) in [5, 5.41) is 5.48. The summed E-state index contributed by atoms with van der Waals surface area (Å²) in [4.78, 5) is 25.2. The van der Waals surface area contributed by atoms with Crippen molar-refractivity contribution in [2.24, 2.45) is 0 Å². The van der Waals surface area contributed by atoms with E-state index in [1.807, 2.05) is 24.3 Å². The zero-order valence-electron chi connectivity index (χ0n) is 15.9. The number of benzene rings is 1. The van der Waals surface area contributed by atoms with E-state index in [2.05, 4.69) is 20.3 Å². The number of carbonyl (C=O) groups excluding carboxylic acids is 1. The SMILES string of the molecule is O=C(Nc1cccc(CS(=O)C2CCCCC2)c1)c1csc(-c2ncccn2)n1. The van der Waals surface area contributed by atoms with Crippen LogP contribution in [0.15, 0.2) is 48.1 Å². The molecule has 1 amide bonds. The van der Waals surface area contributed by atoms with E-state index in [0.29, 0.717) is 33.2 Å². The molecule has 2 heterocycles. The minimum Gasteiger partial charge on any atom is -0.321 e. The van der Waals surface area contributed by atoms with Crippen LogP contribution in [0.3, 0.4) is 0 Å². The van der Waals surface area contributed by atoms with Crippen molar-refractivity contribution in [2.45, 2.75) is 43.1 Å². The molecular weight excluding hydrogens is 404 g/mol. The molecule has 0 radical (unpaired) electrons. The summed E-state index contributed by atoms with van der Waals surface area (Å²) in [7, 11) is -0.870. The second kappa shape index (κ2) is 9.37. The summed E-state index contributed by atoms with van der Waals surface area (Å²) in [6, 6.07) is 9.31. The summed E-state index contributed by atoms with van der Waals surface area (Å²) in [6.45, 7) is 0. The zero-order valence-corrected chi connectivity index (χ0v) is 17.5. The molecule has 1 atom stereocenters. The number of carbonyl (C=O) groups is 1. The van der Waals surface area contributed by atoms with Gasteiger partial charge in [0.15, 0.2) is 10.8 Å².